The van der Waals surface area contributed by atoms with Gasteiger partial charge in [-0.15, -0.1) is 0 Å². The Morgan fingerprint density at radius 2 is 2.00 bits per heavy atom. The van der Waals surface area contributed by atoms with E-state index in [4.69, 9.17) is 26.5 Å². The second-order valence-electron chi connectivity index (χ2n) is 6.92. The number of phosphoric acid groups is 1. The summed E-state index contributed by atoms with van der Waals surface area (Å²) in [6, 6.07) is -1.38. The summed E-state index contributed by atoms with van der Waals surface area (Å²) < 4.78 is 27.9. The van der Waals surface area contributed by atoms with Crippen molar-refractivity contribution in [1.29, 1.82) is 0 Å². The zero-order chi connectivity index (χ0) is 23.6. The lowest BCUT2D eigenvalue weighted by atomic mass is 10.1. The SMILES string of the molecule is NC(=O)CC[C@H](N)C(=O)OP(=O)(O)OC[C@H]1O[C@@H](n2cnc3c(N)ncnc32)[C@H](O)[C@@H]1O. The van der Waals surface area contributed by atoms with Crippen LogP contribution < -0.4 is 17.2 Å². The second kappa shape index (κ2) is 9.41. The minimum absolute atomic E-state index is 0.0961. The Hall–Kier alpha value is -2.72. The number of imidazole rings is 1. The van der Waals surface area contributed by atoms with Gasteiger partial charge in [0.25, 0.3) is 0 Å². The van der Waals surface area contributed by atoms with Gasteiger partial charge in [0, 0.05) is 6.42 Å². The number of nitrogens with two attached hydrogens (primary N) is 3. The Morgan fingerprint density at radius 3 is 2.69 bits per heavy atom. The third kappa shape index (κ3) is 5.18. The number of carbonyl (C=O) groups is 2. The van der Waals surface area contributed by atoms with E-state index in [0.29, 0.717) is 0 Å². The summed E-state index contributed by atoms with van der Waals surface area (Å²) in [7, 11) is -4.95. The Labute approximate surface area is 179 Å². The maximum atomic E-state index is 12.0. The molecule has 0 bridgehead atoms. The lowest BCUT2D eigenvalue weighted by Gasteiger charge is -2.18. The third-order valence-electron chi connectivity index (χ3n) is 4.61. The average Bonchev–Trinajstić information content (AvgIpc) is 3.27. The zero-order valence-corrected chi connectivity index (χ0v) is 17.3. The number of aliphatic hydroxyl groups is 2. The lowest BCUT2D eigenvalue weighted by Crippen LogP contribution is -2.34. The maximum absolute atomic E-state index is 12.0. The molecule has 0 saturated carbocycles. The Kier molecular flexibility index (Phi) is 7.04. The van der Waals surface area contributed by atoms with Crippen LogP contribution in [0.5, 0.6) is 0 Å². The fraction of sp³-hybridized carbons (Fsp3) is 0.533. The molecule has 1 amide bonds. The normalized spacial score (nSPS) is 26.0. The number of carbonyl (C=O) groups excluding carboxylic acids is 2. The van der Waals surface area contributed by atoms with Gasteiger partial charge in [0.05, 0.1) is 12.9 Å². The zero-order valence-electron chi connectivity index (χ0n) is 16.4. The molecule has 0 aliphatic carbocycles. The van der Waals surface area contributed by atoms with Crippen LogP contribution in [-0.4, -0.2) is 77.5 Å². The highest BCUT2D eigenvalue weighted by Gasteiger charge is 2.45. The van der Waals surface area contributed by atoms with Gasteiger partial charge in [-0.05, 0) is 6.42 Å². The number of ether oxygens (including phenoxy) is 1. The van der Waals surface area contributed by atoms with Crippen LogP contribution in [0.4, 0.5) is 5.82 Å². The smallest absolute Gasteiger partial charge is 0.387 e. The molecule has 1 unspecified atom stereocenters. The van der Waals surface area contributed by atoms with Gasteiger partial charge >= 0.3 is 13.8 Å². The molecule has 3 heterocycles. The number of anilines is 1. The van der Waals surface area contributed by atoms with Crippen molar-refractivity contribution in [3.63, 3.8) is 0 Å². The monoisotopic (exact) mass is 475 g/mol. The van der Waals surface area contributed by atoms with E-state index in [1.165, 1.54) is 17.2 Å². The van der Waals surface area contributed by atoms with Crippen LogP contribution in [0.15, 0.2) is 12.7 Å². The molecule has 0 radical (unpaired) electrons. The van der Waals surface area contributed by atoms with Gasteiger partial charge in [0.2, 0.25) is 5.91 Å². The van der Waals surface area contributed by atoms with Gasteiger partial charge in [-0.1, -0.05) is 0 Å². The number of hydrogen-bond donors (Lipinski definition) is 6. The van der Waals surface area contributed by atoms with E-state index in [1.807, 2.05) is 0 Å². The molecule has 3 rings (SSSR count). The molecule has 1 fully saturated rings. The van der Waals surface area contributed by atoms with E-state index < -0.39 is 56.9 Å². The van der Waals surface area contributed by atoms with Crippen LogP contribution in [0.25, 0.3) is 11.2 Å². The maximum Gasteiger partial charge on any atom is 0.529 e. The standard InChI is InChI=1S/C15H22N7O9P/c16-6(1-2-8(17)23)15(26)31-32(27,28)29-3-7-10(24)11(25)14(30-7)22-5-21-9-12(18)19-4-20-13(9)22/h4-7,10-11,14,24-25H,1-3,16H2,(H2,17,23)(H,27,28)(H2,18,19,20)/t6-,7+,10+,11+,14+/m0/s1. The minimum atomic E-state index is -4.95. The van der Waals surface area contributed by atoms with Crippen molar-refractivity contribution in [1.82, 2.24) is 19.5 Å². The molecule has 32 heavy (non-hydrogen) atoms. The van der Waals surface area contributed by atoms with E-state index in [1.54, 1.807) is 0 Å². The topological polar surface area (TPSA) is 261 Å². The molecule has 0 aromatic carbocycles. The summed E-state index contributed by atoms with van der Waals surface area (Å²) in [6.07, 6.45) is -3.46. The second-order valence-corrected chi connectivity index (χ2v) is 8.29. The molecular weight excluding hydrogens is 453 g/mol. The molecule has 16 nitrogen and oxygen atoms in total. The van der Waals surface area contributed by atoms with Gasteiger partial charge in [-0.2, -0.15) is 0 Å². The number of phosphoric ester groups is 1. The van der Waals surface area contributed by atoms with Crippen LogP contribution in [-0.2, 0) is 27.9 Å². The first-order valence-electron chi connectivity index (χ1n) is 9.19. The minimum Gasteiger partial charge on any atom is -0.387 e. The number of aliphatic hydroxyl groups excluding tert-OH is 2. The van der Waals surface area contributed by atoms with E-state index in [-0.39, 0.29) is 29.8 Å². The summed E-state index contributed by atoms with van der Waals surface area (Å²) >= 11 is 0. The van der Waals surface area contributed by atoms with Gasteiger partial charge in [-0.25, -0.2) is 24.3 Å². The van der Waals surface area contributed by atoms with E-state index >= 15 is 0 Å². The van der Waals surface area contributed by atoms with Gasteiger partial charge in [0.1, 0.15) is 36.2 Å². The van der Waals surface area contributed by atoms with Gasteiger partial charge in [-0.3, -0.25) is 18.8 Å². The summed E-state index contributed by atoms with van der Waals surface area (Å²) in [5, 5.41) is 20.6. The Balaban J connectivity index is 1.61. The molecule has 1 aliphatic heterocycles. The highest BCUT2D eigenvalue weighted by atomic mass is 31.2. The van der Waals surface area contributed by atoms with Crippen LogP contribution >= 0.6 is 7.82 Å². The average molecular weight is 475 g/mol. The molecule has 6 atom stereocenters. The van der Waals surface area contributed by atoms with Gasteiger partial charge in [0.15, 0.2) is 17.7 Å². The Morgan fingerprint density at radius 1 is 1.28 bits per heavy atom. The summed E-state index contributed by atoms with van der Waals surface area (Å²) in [5.41, 5.74) is 16.6. The van der Waals surface area contributed by atoms with Gasteiger partial charge < -0.3 is 36.7 Å². The predicted molar refractivity (Wildman–Crippen MR) is 104 cm³/mol. The number of fused-ring (bicyclic) bond motifs is 1. The van der Waals surface area contributed by atoms with Crippen molar-refractivity contribution in [3.05, 3.63) is 12.7 Å². The van der Waals surface area contributed by atoms with Crippen LogP contribution in [0, 0.1) is 0 Å². The highest BCUT2D eigenvalue weighted by molar-refractivity contribution is 7.48. The van der Waals surface area contributed by atoms with Crippen LogP contribution in [0.3, 0.4) is 0 Å². The number of aromatic nitrogens is 4. The molecule has 9 N–H and O–H groups in total. The predicted octanol–water partition coefficient (Wildman–Crippen LogP) is -2.72. The number of amides is 1. The summed E-state index contributed by atoms with van der Waals surface area (Å²) in [6.45, 7) is -0.726. The first kappa shape index (κ1) is 23.9. The van der Waals surface area contributed by atoms with Crippen molar-refractivity contribution in [2.24, 2.45) is 11.5 Å². The van der Waals surface area contributed by atoms with Crippen molar-refractivity contribution >= 4 is 36.7 Å². The van der Waals surface area contributed by atoms with Crippen LogP contribution in [0.2, 0.25) is 0 Å². The molecule has 17 heteroatoms. The van der Waals surface area contributed by atoms with Crippen molar-refractivity contribution in [3.8, 4) is 0 Å². The molecule has 2 aromatic heterocycles. The quantitative estimate of drug-likeness (QED) is 0.201. The molecule has 1 saturated heterocycles. The summed E-state index contributed by atoms with van der Waals surface area (Å²) in [4.78, 5) is 44.1. The fourth-order valence-electron chi connectivity index (χ4n) is 2.94. The fourth-order valence-corrected chi connectivity index (χ4v) is 3.69. The van der Waals surface area contributed by atoms with Crippen molar-refractivity contribution < 1.29 is 43.0 Å². The largest absolute Gasteiger partial charge is 0.529 e. The van der Waals surface area contributed by atoms with Crippen molar-refractivity contribution in [2.75, 3.05) is 12.3 Å². The number of nitrogens with zero attached hydrogens (tertiary/aromatic N) is 4. The number of primary amides is 1. The first-order chi connectivity index (χ1) is 15.0. The van der Waals surface area contributed by atoms with Crippen LogP contribution in [0.1, 0.15) is 19.1 Å². The lowest BCUT2D eigenvalue weighted by molar-refractivity contribution is -0.138. The Bertz CT molecular complexity index is 1050. The summed E-state index contributed by atoms with van der Waals surface area (Å²) in [5.74, 6) is -1.90. The number of nitrogen functional groups attached to an aromatic ring is 1. The molecule has 176 valence electrons. The number of rotatable bonds is 9. The molecule has 0 spiro atoms. The third-order valence-corrected chi connectivity index (χ3v) is 5.50. The van der Waals surface area contributed by atoms with Crippen molar-refractivity contribution in [2.45, 2.75) is 43.4 Å². The van der Waals surface area contributed by atoms with E-state index in [9.17, 15) is 29.3 Å². The van der Waals surface area contributed by atoms with E-state index in [2.05, 4.69) is 19.5 Å². The molecular formula is C15H22N7O9P. The van der Waals surface area contributed by atoms with E-state index in [0.717, 1.165) is 0 Å². The number of hydrogen-bond acceptors (Lipinski definition) is 13. The first-order valence-corrected chi connectivity index (χ1v) is 10.7. The molecule has 2 aromatic rings. The highest BCUT2D eigenvalue weighted by Crippen LogP contribution is 2.45. The molecule has 1 aliphatic rings.